The van der Waals surface area contributed by atoms with E-state index >= 15 is 0 Å². The predicted molar refractivity (Wildman–Crippen MR) is 80.2 cm³/mol. The summed E-state index contributed by atoms with van der Waals surface area (Å²) in [5.74, 6) is 0. The Morgan fingerprint density at radius 1 is 1.32 bits per heavy atom. The minimum absolute atomic E-state index is 0.636. The third-order valence-electron chi connectivity index (χ3n) is 4.30. The highest BCUT2D eigenvalue weighted by Crippen LogP contribution is 2.17. The highest BCUT2D eigenvalue weighted by atomic mass is 15.2. The van der Waals surface area contributed by atoms with Crippen LogP contribution in [0.15, 0.2) is 18.3 Å². The van der Waals surface area contributed by atoms with Crippen LogP contribution in [0.2, 0.25) is 0 Å². The Bertz CT molecular complexity index is 391. The molecular weight excluding hydrogens is 234 g/mol. The maximum atomic E-state index is 4.60. The highest BCUT2D eigenvalue weighted by molar-refractivity contribution is 5.19. The van der Waals surface area contributed by atoms with Gasteiger partial charge in [0.05, 0.1) is 5.69 Å². The Morgan fingerprint density at radius 3 is 2.84 bits per heavy atom. The maximum absolute atomic E-state index is 4.60. The molecule has 0 bridgehead atoms. The molecule has 1 aliphatic rings. The third kappa shape index (κ3) is 3.54. The quantitative estimate of drug-likeness (QED) is 0.883. The molecule has 3 nitrogen and oxygen atoms in total. The standard InChI is InChI=1S/C16H27N3/c1-4-13-8-7-9-17-16(13)12-19-11-14(5-2)18-10-15(19)6-3/h7-9,14-15,18H,4-6,10-12H2,1-3H3. The first-order valence-corrected chi connectivity index (χ1v) is 7.68. The monoisotopic (exact) mass is 261 g/mol. The first kappa shape index (κ1) is 14.5. The molecule has 1 fully saturated rings. The molecule has 0 spiro atoms. The van der Waals surface area contributed by atoms with Gasteiger partial charge in [-0.15, -0.1) is 0 Å². The molecule has 106 valence electrons. The van der Waals surface area contributed by atoms with Gasteiger partial charge in [-0.05, 0) is 30.9 Å². The van der Waals surface area contributed by atoms with Crippen molar-refractivity contribution in [3.63, 3.8) is 0 Å². The Balaban J connectivity index is 2.09. The van der Waals surface area contributed by atoms with Crippen molar-refractivity contribution < 1.29 is 0 Å². The number of hydrogen-bond donors (Lipinski definition) is 1. The van der Waals surface area contributed by atoms with Crippen LogP contribution in [-0.4, -0.2) is 35.1 Å². The summed E-state index contributed by atoms with van der Waals surface area (Å²) >= 11 is 0. The van der Waals surface area contributed by atoms with Crippen molar-refractivity contribution in [2.45, 2.75) is 58.7 Å². The summed E-state index contributed by atoms with van der Waals surface area (Å²) < 4.78 is 0. The number of aryl methyl sites for hydroxylation is 1. The number of hydrogen-bond acceptors (Lipinski definition) is 3. The number of nitrogens with zero attached hydrogens (tertiary/aromatic N) is 2. The van der Waals surface area contributed by atoms with Crippen LogP contribution in [0.1, 0.15) is 44.9 Å². The van der Waals surface area contributed by atoms with E-state index in [0.717, 1.165) is 26.1 Å². The molecule has 1 aromatic heterocycles. The summed E-state index contributed by atoms with van der Waals surface area (Å²) in [5, 5.41) is 3.65. The van der Waals surface area contributed by atoms with Gasteiger partial charge in [0.25, 0.3) is 0 Å². The van der Waals surface area contributed by atoms with Crippen LogP contribution in [0.4, 0.5) is 0 Å². The zero-order chi connectivity index (χ0) is 13.7. The van der Waals surface area contributed by atoms with Crippen LogP contribution >= 0.6 is 0 Å². The minimum atomic E-state index is 0.636. The van der Waals surface area contributed by atoms with Crippen molar-refractivity contribution in [1.82, 2.24) is 15.2 Å². The van der Waals surface area contributed by atoms with Crippen LogP contribution in [0.3, 0.4) is 0 Å². The molecule has 2 heterocycles. The Kier molecular flexibility index (Phi) is 5.34. The molecule has 0 aromatic carbocycles. The fourth-order valence-corrected chi connectivity index (χ4v) is 2.93. The maximum Gasteiger partial charge on any atom is 0.0575 e. The van der Waals surface area contributed by atoms with Gasteiger partial charge in [-0.2, -0.15) is 0 Å². The summed E-state index contributed by atoms with van der Waals surface area (Å²) in [5.41, 5.74) is 2.66. The van der Waals surface area contributed by atoms with E-state index in [2.05, 4.69) is 42.0 Å². The summed E-state index contributed by atoms with van der Waals surface area (Å²) in [6.45, 7) is 10.0. The smallest absolute Gasteiger partial charge is 0.0575 e. The Morgan fingerprint density at radius 2 is 2.16 bits per heavy atom. The van der Waals surface area contributed by atoms with Crippen LogP contribution < -0.4 is 5.32 Å². The largest absolute Gasteiger partial charge is 0.311 e. The van der Waals surface area contributed by atoms with Gasteiger partial charge in [-0.1, -0.05) is 26.8 Å². The lowest BCUT2D eigenvalue weighted by Crippen LogP contribution is -2.55. The molecule has 1 saturated heterocycles. The zero-order valence-electron chi connectivity index (χ0n) is 12.5. The molecule has 0 radical (unpaired) electrons. The molecule has 0 saturated carbocycles. The number of aromatic nitrogens is 1. The van der Waals surface area contributed by atoms with E-state index in [1.165, 1.54) is 24.1 Å². The Labute approximate surface area is 117 Å². The van der Waals surface area contributed by atoms with Gasteiger partial charge in [-0.25, -0.2) is 0 Å². The van der Waals surface area contributed by atoms with E-state index in [9.17, 15) is 0 Å². The summed E-state index contributed by atoms with van der Waals surface area (Å²) in [6, 6.07) is 5.54. The molecule has 2 rings (SSSR count). The van der Waals surface area contributed by atoms with E-state index in [1.807, 2.05) is 12.3 Å². The van der Waals surface area contributed by atoms with Gasteiger partial charge in [0.15, 0.2) is 0 Å². The fraction of sp³-hybridized carbons (Fsp3) is 0.688. The lowest BCUT2D eigenvalue weighted by molar-refractivity contribution is 0.116. The molecule has 1 aromatic rings. The molecule has 2 atom stereocenters. The number of pyridine rings is 1. The van der Waals surface area contributed by atoms with Crippen molar-refractivity contribution >= 4 is 0 Å². The second kappa shape index (κ2) is 7.01. The van der Waals surface area contributed by atoms with Crippen molar-refractivity contribution in [3.05, 3.63) is 29.6 Å². The fourth-order valence-electron chi connectivity index (χ4n) is 2.93. The summed E-state index contributed by atoms with van der Waals surface area (Å²) in [7, 11) is 0. The molecule has 2 unspecified atom stereocenters. The second-order valence-electron chi connectivity index (χ2n) is 5.47. The zero-order valence-corrected chi connectivity index (χ0v) is 12.5. The summed E-state index contributed by atoms with van der Waals surface area (Å²) in [4.78, 5) is 7.22. The molecule has 0 amide bonds. The van der Waals surface area contributed by atoms with Crippen LogP contribution in [0, 0.1) is 0 Å². The van der Waals surface area contributed by atoms with E-state index in [-0.39, 0.29) is 0 Å². The van der Waals surface area contributed by atoms with Crippen LogP contribution in [0.5, 0.6) is 0 Å². The molecule has 19 heavy (non-hydrogen) atoms. The average molecular weight is 261 g/mol. The lowest BCUT2D eigenvalue weighted by atomic mass is 10.0. The topological polar surface area (TPSA) is 28.2 Å². The molecule has 1 aliphatic heterocycles. The van der Waals surface area contributed by atoms with Gasteiger partial charge in [0.1, 0.15) is 0 Å². The average Bonchev–Trinajstić information content (AvgIpc) is 2.47. The molecular formula is C16H27N3. The summed E-state index contributed by atoms with van der Waals surface area (Å²) in [6.07, 6.45) is 5.41. The van der Waals surface area contributed by atoms with E-state index in [4.69, 9.17) is 0 Å². The molecule has 3 heteroatoms. The van der Waals surface area contributed by atoms with Crippen molar-refractivity contribution in [1.29, 1.82) is 0 Å². The Hall–Kier alpha value is -0.930. The van der Waals surface area contributed by atoms with Gasteiger partial charge in [0.2, 0.25) is 0 Å². The SMILES string of the molecule is CCc1cccnc1CN1CC(CC)NCC1CC. The van der Waals surface area contributed by atoms with Crippen molar-refractivity contribution in [2.24, 2.45) is 0 Å². The number of nitrogens with one attached hydrogen (secondary N) is 1. The van der Waals surface area contributed by atoms with Gasteiger partial charge in [0, 0.05) is 37.9 Å². The van der Waals surface area contributed by atoms with Crippen molar-refractivity contribution in [2.75, 3.05) is 13.1 Å². The van der Waals surface area contributed by atoms with Gasteiger partial charge >= 0.3 is 0 Å². The van der Waals surface area contributed by atoms with E-state index in [0.29, 0.717) is 12.1 Å². The number of rotatable bonds is 5. The van der Waals surface area contributed by atoms with Crippen LogP contribution in [0.25, 0.3) is 0 Å². The molecule has 1 N–H and O–H groups in total. The first-order valence-electron chi connectivity index (χ1n) is 7.68. The van der Waals surface area contributed by atoms with Crippen molar-refractivity contribution in [3.8, 4) is 0 Å². The highest BCUT2D eigenvalue weighted by Gasteiger charge is 2.26. The number of piperazine rings is 1. The first-order chi connectivity index (χ1) is 9.28. The van der Waals surface area contributed by atoms with Crippen LogP contribution in [-0.2, 0) is 13.0 Å². The third-order valence-corrected chi connectivity index (χ3v) is 4.30. The van der Waals surface area contributed by atoms with Gasteiger partial charge < -0.3 is 5.32 Å². The lowest BCUT2D eigenvalue weighted by Gasteiger charge is -2.40. The van der Waals surface area contributed by atoms with E-state index < -0.39 is 0 Å². The molecule has 0 aliphatic carbocycles. The second-order valence-corrected chi connectivity index (χ2v) is 5.47. The van der Waals surface area contributed by atoms with E-state index in [1.54, 1.807) is 0 Å². The minimum Gasteiger partial charge on any atom is -0.311 e. The normalized spacial score (nSPS) is 24.6. The van der Waals surface area contributed by atoms with Gasteiger partial charge in [-0.3, -0.25) is 9.88 Å². The predicted octanol–water partition coefficient (Wildman–Crippen LogP) is 2.61.